The third-order valence-electron chi connectivity index (χ3n) is 3.39. The average molecular weight is 260 g/mol. The van der Waals surface area contributed by atoms with Gasteiger partial charge >= 0.3 is 0 Å². The number of fused-ring (bicyclic) bond motifs is 2. The fourth-order valence-electron chi connectivity index (χ4n) is 2.34. The van der Waals surface area contributed by atoms with Gasteiger partial charge in [0.2, 0.25) is 5.89 Å². The summed E-state index contributed by atoms with van der Waals surface area (Å²) in [5.41, 5.74) is 3.58. The molecule has 3 heteroatoms. The van der Waals surface area contributed by atoms with Crippen LogP contribution in [0.4, 0.5) is 0 Å². The molecule has 0 bridgehead atoms. The molecule has 2 heterocycles. The zero-order valence-electron chi connectivity index (χ0n) is 11.0. The number of rotatable bonds is 1. The highest BCUT2D eigenvalue weighted by Gasteiger charge is 2.10. The number of pyridine rings is 1. The quantitative estimate of drug-likeness (QED) is 0.510. The van der Waals surface area contributed by atoms with Crippen molar-refractivity contribution in [2.24, 2.45) is 0 Å². The zero-order valence-corrected chi connectivity index (χ0v) is 11.0. The summed E-state index contributed by atoms with van der Waals surface area (Å²) in [6, 6.07) is 16.1. The van der Waals surface area contributed by atoms with E-state index in [0.29, 0.717) is 5.89 Å². The molecule has 96 valence electrons. The van der Waals surface area contributed by atoms with Gasteiger partial charge < -0.3 is 4.42 Å². The van der Waals surface area contributed by atoms with Crippen LogP contribution in [0.25, 0.3) is 33.5 Å². The van der Waals surface area contributed by atoms with Crippen LogP contribution in [-0.2, 0) is 0 Å². The smallest absolute Gasteiger partial charge is 0.246 e. The summed E-state index contributed by atoms with van der Waals surface area (Å²) in [5.74, 6) is 0.566. The van der Waals surface area contributed by atoms with E-state index in [2.05, 4.69) is 16.0 Å². The van der Waals surface area contributed by atoms with Crippen LogP contribution in [0, 0.1) is 6.92 Å². The van der Waals surface area contributed by atoms with Gasteiger partial charge in [0.1, 0.15) is 11.2 Å². The fraction of sp³-hybridized carbons (Fsp3) is 0.0588. The molecule has 0 amide bonds. The summed E-state index contributed by atoms with van der Waals surface area (Å²) in [7, 11) is 0. The van der Waals surface area contributed by atoms with Gasteiger partial charge in [-0.05, 0) is 36.1 Å². The van der Waals surface area contributed by atoms with E-state index in [4.69, 9.17) is 4.42 Å². The van der Waals surface area contributed by atoms with E-state index in [9.17, 15) is 0 Å². The van der Waals surface area contributed by atoms with Crippen molar-refractivity contribution in [3.8, 4) is 11.6 Å². The summed E-state index contributed by atoms with van der Waals surface area (Å²) in [6.07, 6.45) is 1.85. The van der Waals surface area contributed by atoms with Crippen LogP contribution >= 0.6 is 0 Å². The van der Waals surface area contributed by atoms with Crippen molar-refractivity contribution in [3.63, 3.8) is 0 Å². The lowest BCUT2D eigenvalue weighted by molar-refractivity contribution is 0.616. The van der Waals surface area contributed by atoms with E-state index in [0.717, 1.165) is 33.1 Å². The van der Waals surface area contributed by atoms with Gasteiger partial charge in [0.15, 0.2) is 5.58 Å². The predicted molar refractivity (Wildman–Crippen MR) is 79.5 cm³/mol. The SMILES string of the molecule is Cc1ccc2nc(-c3cc4ccccc4cn3)oc2c1. The summed E-state index contributed by atoms with van der Waals surface area (Å²) < 4.78 is 5.81. The summed E-state index contributed by atoms with van der Waals surface area (Å²) in [6.45, 7) is 2.04. The third kappa shape index (κ3) is 1.75. The van der Waals surface area contributed by atoms with Crippen LogP contribution in [0.15, 0.2) is 59.1 Å². The lowest BCUT2D eigenvalue weighted by Gasteiger charge is -1.98. The van der Waals surface area contributed by atoms with Crippen LogP contribution in [-0.4, -0.2) is 9.97 Å². The minimum absolute atomic E-state index is 0.566. The maximum absolute atomic E-state index is 5.81. The Kier molecular flexibility index (Phi) is 2.33. The minimum Gasteiger partial charge on any atom is -0.435 e. The second kappa shape index (κ2) is 4.17. The Balaban J connectivity index is 1.91. The van der Waals surface area contributed by atoms with E-state index in [1.807, 2.05) is 55.6 Å². The van der Waals surface area contributed by atoms with Crippen molar-refractivity contribution in [2.45, 2.75) is 6.92 Å². The molecule has 0 saturated heterocycles. The molecule has 0 saturated carbocycles. The standard InChI is InChI=1S/C17H12N2O/c1-11-6-7-14-16(8-11)20-17(19-14)15-9-12-4-2-3-5-13(12)10-18-15/h2-10H,1H3. The minimum atomic E-state index is 0.566. The first-order valence-electron chi connectivity index (χ1n) is 6.52. The summed E-state index contributed by atoms with van der Waals surface area (Å²) in [5, 5.41) is 2.25. The Labute approximate surface area is 115 Å². The Morgan fingerprint density at radius 2 is 1.80 bits per heavy atom. The second-order valence-corrected chi connectivity index (χ2v) is 4.91. The van der Waals surface area contributed by atoms with E-state index in [1.165, 1.54) is 0 Å². The molecule has 0 fully saturated rings. The van der Waals surface area contributed by atoms with Gasteiger partial charge in [-0.3, -0.25) is 4.98 Å². The highest BCUT2D eigenvalue weighted by atomic mass is 16.3. The normalized spacial score (nSPS) is 11.2. The van der Waals surface area contributed by atoms with E-state index >= 15 is 0 Å². The van der Waals surface area contributed by atoms with E-state index in [-0.39, 0.29) is 0 Å². The molecular weight excluding hydrogens is 248 g/mol. The van der Waals surface area contributed by atoms with Gasteiger partial charge in [0, 0.05) is 11.6 Å². The Morgan fingerprint density at radius 1 is 0.950 bits per heavy atom. The number of benzene rings is 2. The zero-order chi connectivity index (χ0) is 13.5. The lowest BCUT2D eigenvalue weighted by Crippen LogP contribution is -1.83. The second-order valence-electron chi connectivity index (χ2n) is 4.91. The van der Waals surface area contributed by atoms with Gasteiger partial charge in [0.05, 0.1) is 0 Å². The summed E-state index contributed by atoms with van der Waals surface area (Å²) in [4.78, 5) is 8.94. The molecule has 0 radical (unpaired) electrons. The molecule has 0 atom stereocenters. The predicted octanol–water partition coefficient (Wildman–Crippen LogP) is 4.35. The first-order valence-corrected chi connectivity index (χ1v) is 6.52. The van der Waals surface area contributed by atoms with Crippen molar-refractivity contribution < 1.29 is 4.42 Å². The fourth-order valence-corrected chi connectivity index (χ4v) is 2.34. The van der Waals surface area contributed by atoms with Crippen molar-refractivity contribution in [1.82, 2.24) is 9.97 Å². The first kappa shape index (κ1) is 11.2. The lowest BCUT2D eigenvalue weighted by atomic mass is 10.1. The first-order chi connectivity index (χ1) is 9.79. The third-order valence-corrected chi connectivity index (χ3v) is 3.39. The van der Waals surface area contributed by atoms with Crippen molar-refractivity contribution >= 4 is 21.9 Å². The Morgan fingerprint density at radius 3 is 2.70 bits per heavy atom. The highest BCUT2D eigenvalue weighted by molar-refractivity contribution is 5.85. The molecule has 0 aliphatic carbocycles. The Hall–Kier alpha value is -2.68. The molecule has 3 nitrogen and oxygen atoms in total. The van der Waals surface area contributed by atoms with Crippen LogP contribution in [0.1, 0.15) is 5.56 Å². The van der Waals surface area contributed by atoms with Gasteiger partial charge in [-0.1, -0.05) is 30.3 Å². The van der Waals surface area contributed by atoms with E-state index < -0.39 is 0 Å². The number of aryl methyl sites for hydroxylation is 1. The van der Waals surface area contributed by atoms with Crippen molar-refractivity contribution in [1.29, 1.82) is 0 Å². The van der Waals surface area contributed by atoms with Gasteiger partial charge in [0.25, 0.3) is 0 Å². The molecule has 0 unspecified atom stereocenters. The number of oxazole rings is 1. The molecule has 4 rings (SSSR count). The van der Waals surface area contributed by atoms with E-state index in [1.54, 1.807) is 0 Å². The molecule has 0 spiro atoms. The number of aromatic nitrogens is 2. The topological polar surface area (TPSA) is 38.9 Å². The molecule has 4 aromatic rings. The van der Waals surface area contributed by atoms with Crippen molar-refractivity contribution in [2.75, 3.05) is 0 Å². The monoisotopic (exact) mass is 260 g/mol. The number of hydrogen-bond donors (Lipinski definition) is 0. The largest absolute Gasteiger partial charge is 0.435 e. The van der Waals surface area contributed by atoms with Crippen molar-refractivity contribution in [3.05, 3.63) is 60.3 Å². The molecule has 20 heavy (non-hydrogen) atoms. The molecule has 0 aliphatic heterocycles. The molecule has 0 N–H and O–H groups in total. The van der Waals surface area contributed by atoms with Gasteiger partial charge in [-0.2, -0.15) is 0 Å². The Bertz CT molecular complexity index is 924. The molecule has 2 aromatic heterocycles. The van der Waals surface area contributed by atoms with Gasteiger partial charge in [-0.25, -0.2) is 4.98 Å². The van der Waals surface area contributed by atoms with Gasteiger partial charge in [-0.15, -0.1) is 0 Å². The molecule has 0 aliphatic rings. The number of nitrogens with zero attached hydrogens (tertiary/aromatic N) is 2. The van der Waals surface area contributed by atoms with Crippen LogP contribution in [0.5, 0.6) is 0 Å². The average Bonchev–Trinajstić information content (AvgIpc) is 2.89. The highest BCUT2D eigenvalue weighted by Crippen LogP contribution is 2.25. The van der Waals surface area contributed by atoms with Crippen LogP contribution in [0.3, 0.4) is 0 Å². The van der Waals surface area contributed by atoms with Crippen LogP contribution in [0.2, 0.25) is 0 Å². The van der Waals surface area contributed by atoms with Crippen LogP contribution < -0.4 is 0 Å². The molecular formula is C17H12N2O. The maximum Gasteiger partial charge on any atom is 0.246 e. The number of hydrogen-bond acceptors (Lipinski definition) is 3. The molecule has 2 aromatic carbocycles. The maximum atomic E-state index is 5.81. The summed E-state index contributed by atoms with van der Waals surface area (Å²) >= 11 is 0.